The Morgan fingerprint density at radius 2 is 1.81 bits per heavy atom. The molecule has 3 unspecified atom stereocenters. The predicted molar refractivity (Wildman–Crippen MR) is 126 cm³/mol. The van der Waals surface area contributed by atoms with Crippen molar-refractivity contribution in [2.45, 2.75) is 23.1 Å². The minimum Gasteiger partial charge on any atom is -0.462 e. The van der Waals surface area contributed by atoms with Gasteiger partial charge in [-0.15, -0.1) is 11.3 Å². The third-order valence-electron chi connectivity index (χ3n) is 5.62. The molecule has 5 rings (SSSR count). The van der Waals surface area contributed by atoms with Crippen LogP contribution in [0.5, 0.6) is 0 Å². The second-order valence-corrected chi connectivity index (χ2v) is 10.3. The van der Waals surface area contributed by atoms with Crippen LogP contribution >= 0.6 is 35.3 Å². The highest BCUT2D eigenvalue weighted by Gasteiger charge is 2.56. The normalized spacial score (nSPS) is 21.9. The van der Waals surface area contributed by atoms with Gasteiger partial charge in [-0.3, -0.25) is 9.59 Å². The fraction of sp³-hybridized carbons (Fsp3) is 0.217. The average Bonchev–Trinajstić information content (AvgIpc) is 3.29. The zero-order valence-electron chi connectivity index (χ0n) is 16.9. The first-order chi connectivity index (χ1) is 15.5. The Bertz CT molecular complexity index is 1270. The molecule has 6 nitrogen and oxygen atoms in total. The van der Waals surface area contributed by atoms with Crippen LogP contribution < -0.4 is 4.90 Å². The van der Waals surface area contributed by atoms with E-state index in [1.54, 1.807) is 31.2 Å². The molecule has 1 fully saturated rings. The number of ether oxygens (including phenoxy) is 1. The molecule has 1 saturated heterocycles. The Morgan fingerprint density at radius 1 is 1.09 bits per heavy atom. The van der Waals surface area contributed by atoms with Crippen LogP contribution in [0.15, 0.2) is 59.6 Å². The maximum absolute atomic E-state index is 13.6. The van der Waals surface area contributed by atoms with Crippen LogP contribution in [0.2, 0.25) is 0 Å². The van der Waals surface area contributed by atoms with Gasteiger partial charge in [0, 0.05) is 10.8 Å². The maximum Gasteiger partial charge on any atom is 0.338 e. The van der Waals surface area contributed by atoms with Gasteiger partial charge in [0.1, 0.15) is 5.25 Å². The first kappa shape index (κ1) is 21.1. The smallest absolute Gasteiger partial charge is 0.338 e. The average molecular weight is 483 g/mol. The molecule has 2 amide bonds. The monoisotopic (exact) mass is 482 g/mol. The molecule has 0 aliphatic carbocycles. The van der Waals surface area contributed by atoms with E-state index in [0.717, 1.165) is 15.5 Å². The van der Waals surface area contributed by atoms with Crippen LogP contribution in [0.25, 0.3) is 0 Å². The second-order valence-electron chi connectivity index (χ2n) is 7.44. The van der Waals surface area contributed by atoms with Crippen molar-refractivity contribution in [1.29, 1.82) is 0 Å². The molecule has 0 spiro atoms. The van der Waals surface area contributed by atoms with Crippen molar-refractivity contribution in [3.05, 3.63) is 74.6 Å². The zero-order valence-corrected chi connectivity index (χ0v) is 19.4. The number of carbonyl (C=O) groups is 3. The fourth-order valence-electron chi connectivity index (χ4n) is 4.25. The van der Waals surface area contributed by atoms with Crippen molar-refractivity contribution in [1.82, 2.24) is 4.98 Å². The SMILES string of the molecule is CCOC(=O)c1ccc(N2C(=O)C3Sc4[nH]c(=S)sc4C(c4ccccc4)C3C2=O)cc1. The number of thiazole rings is 1. The number of aromatic nitrogens is 1. The van der Waals surface area contributed by atoms with Gasteiger partial charge in [-0.25, -0.2) is 9.69 Å². The number of imide groups is 1. The lowest BCUT2D eigenvalue weighted by atomic mass is 9.83. The molecule has 3 atom stereocenters. The van der Waals surface area contributed by atoms with E-state index in [1.165, 1.54) is 28.0 Å². The van der Waals surface area contributed by atoms with Crippen molar-refractivity contribution in [3.8, 4) is 0 Å². The quantitative estimate of drug-likeness (QED) is 0.328. The van der Waals surface area contributed by atoms with Crippen LogP contribution in [0.4, 0.5) is 5.69 Å². The molecule has 1 N–H and O–H groups in total. The van der Waals surface area contributed by atoms with Crippen LogP contribution in [0, 0.1) is 9.87 Å². The first-order valence-corrected chi connectivity index (χ1v) is 12.2. The van der Waals surface area contributed by atoms with Gasteiger partial charge in [-0.05, 0) is 49.0 Å². The minimum absolute atomic E-state index is 0.241. The van der Waals surface area contributed by atoms with Gasteiger partial charge in [0.05, 0.1) is 28.8 Å². The standard InChI is InChI=1S/C23H18N2O4S3/c1-2-29-22(28)13-8-10-14(11-9-13)25-20(26)16-15(12-6-4-3-5-7-12)17-19(24-23(30)32-17)31-18(16)21(25)27/h3-11,15-16,18H,2H2,1H3,(H,24,30). The Balaban J connectivity index is 1.54. The second kappa shape index (κ2) is 8.31. The maximum atomic E-state index is 13.6. The van der Waals surface area contributed by atoms with E-state index in [-0.39, 0.29) is 24.3 Å². The minimum atomic E-state index is -0.551. The zero-order chi connectivity index (χ0) is 22.4. The van der Waals surface area contributed by atoms with Crippen molar-refractivity contribution in [2.24, 2.45) is 5.92 Å². The number of fused-ring (bicyclic) bond motifs is 2. The summed E-state index contributed by atoms with van der Waals surface area (Å²) in [6, 6.07) is 16.2. The molecule has 32 heavy (non-hydrogen) atoms. The van der Waals surface area contributed by atoms with Crippen LogP contribution in [0.3, 0.4) is 0 Å². The van der Waals surface area contributed by atoms with Gasteiger partial charge in [0.2, 0.25) is 11.8 Å². The number of thioether (sulfide) groups is 1. The van der Waals surface area contributed by atoms with E-state index in [4.69, 9.17) is 17.0 Å². The number of hydrogen-bond acceptors (Lipinski definition) is 7. The van der Waals surface area contributed by atoms with Gasteiger partial charge in [-0.1, -0.05) is 42.1 Å². The highest BCUT2D eigenvalue weighted by atomic mass is 32.2. The van der Waals surface area contributed by atoms with Gasteiger partial charge in [0.15, 0.2) is 3.95 Å². The summed E-state index contributed by atoms with van der Waals surface area (Å²) in [6.45, 7) is 2.01. The third-order valence-corrected chi connectivity index (χ3v) is 8.37. The Labute approximate surface area is 197 Å². The van der Waals surface area contributed by atoms with Crippen LogP contribution in [-0.4, -0.2) is 34.6 Å². The Hall–Kier alpha value is -2.75. The summed E-state index contributed by atoms with van der Waals surface area (Å²) < 4.78 is 5.65. The molecule has 2 aliphatic rings. The number of benzene rings is 2. The number of hydrogen-bond donors (Lipinski definition) is 1. The summed E-state index contributed by atoms with van der Waals surface area (Å²) in [5, 5.41) is 0.306. The van der Waals surface area contributed by atoms with Crippen molar-refractivity contribution in [3.63, 3.8) is 0 Å². The summed E-state index contributed by atoms with van der Waals surface area (Å²) in [7, 11) is 0. The molecule has 0 radical (unpaired) electrons. The van der Waals surface area contributed by atoms with Crippen molar-refractivity contribution in [2.75, 3.05) is 11.5 Å². The molecule has 2 aliphatic heterocycles. The lowest BCUT2D eigenvalue weighted by Crippen LogP contribution is -2.32. The number of nitrogens with one attached hydrogen (secondary N) is 1. The third kappa shape index (κ3) is 3.41. The highest BCUT2D eigenvalue weighted by molar-refractivity contribution is 8.01. The highest BCUT2D eigenvalue weighted by Crippen LogP contribution is 2.53. The van der Waals surface area contributed by atoms with Crippen molar-refractivity contribution < 1.29 is 19.1 Å². The van der Waals surface area contributed by atoms with Crippen LogP contribution in [-0.2, 0) is 14.3 Å². The first-order valence-electron chi connectivity index (χ1n) is 10.1. The molecule has 1 aromatic heterocycles. The number of H-pyrrole nitrogens is 1. The lowest BCUT2D eigenvalue weighted by Gasteiger charge is -2.29. The van der Waals surface area contributed by atoms with Gasteiger partial charge in [-0.2, -0.15) is 0 Å². The number of amides is 2. The fourth-order valence-corrected chi connectivity index (χ4v) is 7.21. The number of esters is 1. The summed E-state index contributed by atoms with van der Waals surface area (Å²) >= 11 is 8.19. The number of anilines is 1. The van der Waals surface area contributed by atoms with E-state index < -0.39 is 17.1 Å². The largest absolute Gasteiger partial charge is 0.462 e. The molecular weight excluding hydrogens is 464 g/mol. The molecule has 0 saturated carbocycles. The molecule has 9 heteroatoms. The van der Waals surface area contributed by atoms with Gasteiger partial charge in [0.25, 0.3) is 0 Å². The lowest BCUT2D eigenvalue weighted by molar-refractivity contribution is -0.122. The molecule has 2 aromatic carbocycles. The van der Waals surface area contributed by atoms with Gasteiger partial charge < -0.3 is 9.72 Å². The molecule has 3 aromatic rings. The summed E-state index contributed by atoms with van der Waals surface area (Å²) in [5.41, 5.74) is 1.81. The molecule has 3 heterocycles. The number of nitrogens with zero attached hydrogens (tertiary/aromatic N) is 1. The van der Waals surface area contributed by atoms with Crippen LogP contribution in [0.1, 0.15) is 33.6 Å². The number of rotatable bonds is 4. The number of carbonyl (C=O) groups excluding carboxylic acids is 3. The summed E-state index contributed by atoms with van der Waals surface area (Å²) in [6.07, 6.45) is 0. The van der Waals surface area contributed by atoms with Crippen molar-refractivity contribution >= 4 is 58.8 Å². The van der Waals surface area contributed by atoms with E-state index in [9.17, 15) is 14.4 Å². The molecule has 162 valence electrons. The van der Waals surface area contributed by atoms with E-state index in [2.05, 4.69) is 4.98 Å². The Kier molecular flexibility index (Phi) is 5.48. The molecule has 0 bridgehead atoms. The Morgan fingerprint density at radius 3 is 2.50 bits per heavy atom. The van der Waals surface area contributed by atoms with E-state index in [1.807, 2.05) is 30.3 Å². The summed E-state index contributed by atoms with van der Waals surface area (Å²) in [4.78, 5) is 44.4. The molecular formula is C23H18N2O4S3. The van der Waals surface area contributed by atoms with E-state index >= 15 is 0 Å². The van der Waals surface area contributed by atoms with E-state index in [0.29, 0.717) is 15.2 Å². The van der Waals surface area contributed by atoms with Gasteiger partial charge >= 0.3 is 5.97 Å². The summed E-state index contributed by atoms with van der Waals surface area (Å²) in [5.74, 6) is -1.73. The number of aromatic amines is 1. The predicted octanol–water partition coefficient (Wildman–Crippen LogP) is 4.78. The topological polar surface area (TPSA) is 79.5 Å².